The molecule has 1 aromatic heterocycles. The number of hydrogen-bond acceptors (Lipinski definition) is 3. The van der Waals surface area contributed by atoms with Gasteiger partial charge in [0.2, 0.25) is 0 Å². The van der Waals surface area contributed by atoms with Crippen molar-refractivity contribution in [1.82, 2.24) is 9.78 Å². The molecule has 5 heteroatoms. The number of nitrogens with one attached hydrogen (secondary N) is 1. The molecule has 0 unspecified atom stereocenters. The van der Waals surface area contributed by atoms with Gasteiger partial charge in [0.05, 0.1) is 5.69 Å². The number of aryl methyl sites for hydroxylation is 2. The lowest BCUT2D eigenvalue weighted by Gasteiger charge is -2.05. The third-order valence-electron chi connectivity index (χ3n) is 2.82. The zero-order valence-corrected chi connectivity index (χ0v) is 11.2. The fraction of sp³-hybridized carbons (Fsp3) is 0.286. The monoisotopic (exact) mass is 258 g/mol. The minimum Gasteiger partial charge on any atom is -0.396 e. The van der Waals surface area contributed by atoms with Crippen LogP contribution in [0.25, 0.3) is 0 Å². The average molecular weight is 258 g/mol. The fourth-order valence-corrected chi connectivity index (χ4v) is 1.92. The summed E-state index contributed by atoms with van der Waals surface area (Å²) in [6.45, 7) is 2.14. The molecule has 3 N–H and O–H groups in total. The Morgan fingerprint density at radius 1 is 1.37 bits per heavy atom. The maximum Gasteiger partial charge on any atom is 0.278 e. The summed E-state index contributed by atoms with van der Waals surface area (Å²) in [5.74, 6) is -0.290. The minimum absolute atomic E-state index is 0.250. The number of nitrogens with zero attached hydrogens (tertiary/aromatic N) is 2. The van der Waals surface area contributed by atoms with Crippen LogP contribution in [0.2, 0.25) is 0 Å². The summed E-state index contributed by atoms with van der Waals surface area (Å²) in [5, 5.41) is 6.82. The van der Waals surface area contributed by atoms with E-state index >= 15 is 0 Å². The van der Waals surface area contributed by atoms with E-state index in [1.807, 2.05) is 24.3 Å². The molecular formula is C14H18N4O. The molecule has 0 saturated carbocycles. The number of nitrogens with two attached hydrogens (primary N) is 1. The molecule has 0 spiro atoms. The molecule has 1 aromatic carbocycles. The molecule has 0 radical (unpaired) electrons. The molecule has 0 fully saturated rings. The average Bonchev–Trinajstić information content (AvgIpc) is 2.71. The summed E-state index contributed by atoms with van der Waals surface area (Å²) < 4.78 is 1.52. The Balaban J connectivity index is 2.08. The first kappa shape index (κ1) is 13.1. The number of benzene rings is 1. The minimum atomic E-state index is -0.290. The van der Waals surface area contributed by atoms with Crippen LogP contribution in [0.4, 0.5) is 11.4 Å². The maximum atomic E-state index is 12.0. The molecule has 0 aliphatic carbocycles. The quantitative estimate of drug-likeness (QED) is 0.883. The number of rotatable bonds is 4. The number of hydrogen-bond donors (Lipinski definition) is 2. The highest BCUT2D eigenvalue weighted by molar-refractivity contribution is 6.06. The second-order valence-corrected chi connectivity index (χ2v) is 4.51. The van der Waals surface area contributed by atoms with Crippen molar-refractivity contribution >= 4 is 17.3 Å². The Hall–Kier alpha value is -2.30. The lowest BCUT2D eigenvalue weighted by molar-refractivity contribution is 0.102. The molecule has 0 aliphatic heterocycles. The summed E-state index contributed by atoms with van der Waals surface area (Å²) in [7, 11) is 1.73. The van der Waals surface area contributed by atoms with Crippen LogP contribution in [0, 0.1) is 0 Å². The van der Waals surface area contributed by atoms with Gasteiger partial charge in [-0.2, -0.15) is 5.10 Å². The van der Waals surface area contributed by atoms with E-state index in [9.17, 15) is 4.79 Å². The predicted molar refractivity (Wildman–Crippen MR) is 76.0 cm³/mol. The van der Waals surface area contributed by atoms with Crippen molar-refractivity contribution in [1.29, 1.82) is 0 Å². The fourth-order valence-electron chi connectivity index (χ4n) is 1.92. The van der Waals surface area contributed by atoms with Crippen molar-refractivity contribution in [2.75, 3.05) is 11.1 Å². The van der Waals surface area contributed by atoms with E-state index in [-0.39, 0.29) is 11.6 Å². The molecule has 0 aliphatic rings. The molecule has 0 saturated heterocycles. The van der Waals surface area contributed by atoms with Gasteiger partial charge in [0.15, 0.2) is 5.69 Å². The second-order valence-electron chi connectivity index (χ2n) is 4.51. The highest BCUT2D eigenvalue weighted by Crippen LogP contribution is 2.14. The van der Waals surface area contributed by atoms with Crippen LogP contribution >= 0.6 is 0 Å². The van der Waals surface area contributed by atoms with Crippen molar-refractivity contribution in [2.45, 2.75) is 19.8 Å². The highest BCUT2D eigenvalue weighted by atomic mass is 16.2. The molecule has 100 valence electrons. The summed E-state index contributed by atoms with van der Waals surface area (Å²) in [6, 6.07) is 7.81. The van der Waals surface area contributed by atoms with Crippen molar-refractivity contribution in [3.8, 4) is 0 Å². The van der Waals surface area contributed by atoms with Gasteiger partial charge >= 0.3 is 0 Å². The SMILES string of the molecule is CCCc1ccc(NC(=O)c2nn(C)cc2N)cc1. The number of carbonyl (C=O) groups is 1. The van der Waals surface area contributed by atoms with Crippen LogP contribution in [0.1, 0.15) is 29.4 Å². The maximum absolute atomic E-state index is 12.0. The number of anilines is 2. The van der Waals surface area contributed by atoms with Gasteiger partial charge in [-0.25, -0.2) is 0 Å². The van der Waals surface area contributed by atoms with Gasteiger partial charge in [0, 0.05) is 18.9 Å². The molecule has 19 heavy (non-hydrogen) atoms. The molecule has 0 bridgehead atoms. The topological polar surface area (TPSA) is 72.9 Å². The van der Waals surface area contributed by atoms with E-state index in [0.717, 1.165) is 18.5 Å². The smallest absolute Gasteiger partial charge is 0.278 e. The first-order valence-corrected chi connectivity index (χ1v) is 6.29. The van der Waals surface area contributed by atoms with Crippen LogP contribution in [0.5, 0.6) is 0 Å². The summed E-state index contributed by atoms with van der Waals surface area (Å²) >= 11 is 0. The van der Waals surface area contributed by atoms with E-state index in [2.05, 4.69) is 17.3 Å². The van der Waals surface area contributed by atoms with Crippen LogP contribution in [0.3, 0.4) is 0 Å². The standard InChI is InChI=1S/C14H18N4O/c1-3-4-10-5-7-11(8-6-10)16-14(19)13-12(15)9-18(2)17-13/h5-9H,3-4,15H2,1-2H3,(H,16,19). The van der Waals surface area contributed by atoms with E-state index < -0.39 is 0 Å². The highest BCUT2D eigenvalue weighted by Gasteiger charge is 2.13. The van der Waals surface area contributed by atoms with Crippen molar-refractivity contribution < 1.29 is 4.79 Å². The van der Waals surface area contributed by atoms with Crippen LogP contribution < -0.4 is 11.1 Å². The Kier molecular flexibility index (Phi) is 3.85. The number of nitrogen functional groups attached to an aromatic ring is 1. The Morgan fingerprint density at radius 2 is 2.05 bits per heavy atom. The zero-order chi connectivity index (χ0) is 13.8. The molecule has 2 rings (SSSR count). The molecule has 5 nitrogen and oxygen atoms in total. The van der Waals surface area contributed by atoms with Crippen LogP contribution in [0.15, 0.2) is 30.5 Å². The summed E-state index contributed by atoms with van der Waals surface area (Å²) in [6.07, 6.45) is 3.76. The number of carbonyl (C=O) groups excluding carboxylic acids is 1. The largest absolute Gasteiger partial charge is 0.396 e. The normalized spacial score (nSPS) is 10.4. The predicted octanol–water partition coefficient (Wildman–Crippen LogP) is 2.21. The van der Waals surface area contributed by atoms with Crippen molar-refractivity contribution in [3.05, 3.63) is 41.7 Å². The Morgan fingerprint density at radius 3 is 2.58 bits per heavy atom. The summed E-state index contributed by atoms with van der Waals surface area (Å²) in [5.41, 5.74) is 8.35. The number of aromatic nitrogens is 2. The third-order valence-corrected chi connectivity index (χ3v) is 2.82. The van der Waals surface area contributed by atoms with E-state index in [0.29, 0.717) is 5.69 Å². The first-order chi connectivity index (χ1) is 9.10. The molecule has 1 amide bonds. The van der Waals surface area contributed by atoms with Crippen LogP contribution in [-0.2, 0) is 13.5 Å². The molecule has 0 atom stereocenters. The molecular weight excluding hydrogens is 240 g/mol. The van der Waals surface area contributed by atoms with Gasteiger partial charge in [-0.15, -0.1) is 0 Å². The van der Waals surface area contributed by atoms with Crippen molar-refractivity contribution in [2.24, 2.45) is 7.05 Å². The lowest BCUT2D eigenvalue weighted by Crippen LogP contribution is -2.14. The van der Waals surface area contributed by atoms with Gasteiger partial charge in [-0.05, 0) is 24.1 Å². The van der Waals surface area contributed by atoms with Crippen molar-refractivity contribution in [3.63, 3.8) is 0 Å². The van der Waals surface area contributed by atoms with Crippen LogP contribution in [-0.4, -0.2) is 15.7 Å². The van der Waals surface area contributed by atoms with Gasteiger partial charge in [-0.1, -0.05) is 25.5 Å². The second kappa shape index (κ2) is 5.56. The Labute approximate surface area is 112 Å². The van der Waals surface area contributed by atoms with Gasteiger partial charge in [0.1, 0.15) is 0 Å². The first-order valence-electron chi connectivity index (χ1n) is 6.29. The van der Waals surface area contributed by atoms with Gasteiger partial charge in [0.25, 0.3) is 5.91 Å². The van der Waals surface area contributed by atoms with Gasteiger partial charge in [-0.3, -0.25) is 9.48 Å². The number of amides is 1. The van der Waals surface area contributed by atoms with E-state index in [4.69, 9.17) is 5.73 Å². The van der Waals surface area contributed by atoms with Gasteiger partial charge < -0.3 is 11.1 Å². The lowest BCUT2D eigenvalue weighted by atomic mass is 10.1. The van der Waals surface area contributed by atoms with E-state index in [1.165, 1.54) is 10.2 Å². The third kappa shape index (κ3) is 3.13. The zero-order valence-electron chi connectivity index (χ0n) is 11.2. The molecule has 2 aromatic rings. The van der Waals surface area contributed by atoms with E-state index in [1.54, 1.807) is 13.2 Å². The summed E-state index contributed by atoms with van der Waals surface area (Å²) in [4.78, 5) is 12.0. The Bertz CT molecular complexity index is 572. The molecule has 1 heterocycles.